The van der Waals surface area contributed by atoms with Gasteiger partial charge in [-0.3, -0.25) is 9.18 Å². The molecule has 0 aliphatic carbocycles. The Morgan fingerprint density at radius 1 is 1.39 bits per heavy atom. The lowest BCUT2D eigenvalue weighted by atomic mass is 10.0. The molecular formula is C11H20FNO5. The monoisotopic (exact) mass is 265 g/mol. The number of amides is 1. The fraction of sp³-hybridized carbons (Fsp3) is 0.818. The summed E-state index contributed by atoms with van der Waals surface area (Å²) in [5.41, 5.74) is -0.655. The highest BCUT2D eigenvalue weighted by molar-refractivity contribution is 5.70. The molecule has 0 aromatic heterocycles. The Bertz CT molecular complexity index is 290. The van der Waals surface area contributed by atoms with Gasteiger partial charge in [0.25, 0.3) is 0 Å². The van der Waals surface area contributed by atoms with E-state index in [1.54, 1.807) is 20.8 Å². The second-order valence-corrected chi connectivity index (χ2v) is 4.96. The first-order valence-corrected chi connectivity index (χ1v) is 5.59. The molecule has 0 fully saturated rings. The molecule has 18 heavy (non-hydrogen) atoms. The molecule has 1 amide bonds. The minimum atomic E-state index is -1.31. The molecule has 0 aliphatic heterocycles. The zero-order chi connectivity index (χ0) is 14.3. The van der Waals surface area contributed by atoms with Gasteiger partial charge in [0.2, 0.25) is 0 Å². The molecule has 0 rings (SSSR count). The van der Waals surface area contributed by atoms with Crippen molar-refractivity contribution < 1.29 is 28.9 Å². The van der Waals surface area contributed by atoms with Crippen LogP contribution in [0.1, 0.15) is 27.2 Å². The maximum Gasteiger partial charge on any atom is 0.407 e. The van der Waals surface area contributed by atoms with Crippen LogP contribution in [0, 0.1) is 5.92 Å². The van der Waals surface area contributed by atoms with Gasteiger partial charge in [0, 0.05) is 6.54 Å². The number of carbonyl (C=O) groups is 2. The fourth-order valence-electron chi connectivity index (χ4n) is 1.16. The van der Waals surface area contributed by atoms with Gasteiger partial charge >= 0.3 is 12.1 Å². The molecule has 106 valence electrons. The number of ether oxygens (including phenoxy) is 1. The number of hydrogen-bond donors (Lipinski definition) is 3. The molecule has 0 saturated heterocycles. The number of carboxylic acid groups (broad SMARTS) is 1. The normalized spacial score (nSPS) is 14.7. The van der Waals surface area contributed by atoms with Gasteiger partial charge in [0.1, 0.15) is 12.3 Å². The van der Waals surface area contributed by atoms with Crippen molar-refractivity contribution >= 4 is 12.1 Å². The Labute approximate surface area is 105 Å². The zero-order valence-corrected chi connectivity index (χ0v) is 10.8. The van der Waals surface area contributed by atoms with E-state index in [-0.39, 0.29) is 13.0 Å². The smallest absolute Gasteiger partial charge is 0.407 e. The molecule has 0 bridgehead atoms. The van der Waals surface area contributed by atoms with E-state index in [1.165, 1.54) is 0 Å². The number of rotatable bonds is 6. The van der Waals surface area contributed by atoms with Gasteiger partial charge in [0.05, 0.1) is 12.0 Å². The van der Waals surface area contributed by atoms with Crippen LogP contribution in [0.15, 0.2) is 0 Å². The highest BCUT2D eigenvalue weighted by atomic mass is 19.1. The molecule has 0 spiro atoms. The molecule has 3 N–H and O–H groups in total. The summed E-state index contributed by atoms with van der Waals surface area (Å²) in [7, 11) is 0. The SMILES string of the molecule is CC(C)(C)OC(=O)NCC(O)CC(CF)C(=O)O. The van der Waals surface area contributed by atoms with Crippen molar-refractivity contribution in [2.45, 2.75) is 38.9 Å². The number of nitrogens with one attached hydrogen (secondary N) is 1. The molecule has 7 heteroatoms. The average molecular weight is 265 g/mol. The van der Waals surface area contributed by atoms with E-state index in [1.807, 2.05) is 0 Å². The second-order valence-electron chi connectivity index (χ2n) is 4.96. The summed E-state index contributed by atoms with van der Waals surface area (Å²) in [6, 6.07) is 0. The number of aliphatic hydroxyl groups excluding tert-OH is 1. The summed E-state index contributed by atoms with van der Waals surface area (Å²) in [6.45, 7) is 3.82. The molecule has 0 radical (unpaired) electrons. The van der Waals surface area contributed by atoms with E-state index in [0.717, 1.165) is 0 Å². The van der Waals surface area contributed by atoms with Crippen LogP contribution in [0.2, 0.25) is 0 Å². The van der Waals surface area contributed by atoms with E-state index < -0.39 is 36.4 Å². The highest BCUT2D eigenvalue weighted by Crippen LogP contribution is 2.09. The molecule has 2 atom stereocenters. The van der Waals surface area contributed by atoms with Gasteiger partial charge in [0.15, 0.2) is 0 Å². The lowest BCUT2D eigenvalue weighted by Crippen LogP contribution is -2.38. The number of halogens is 1. The maximum absolute atomic E-state index is 12.3. The second kappa shape index (κ2) is 7.15. The van der Waals surface area contributed by atoms with E-state index in [4.69, 9.17) is 9.84 Å². The first kappa shape index (κ1) is 16.6. The van der Waals surface area contributed by atoms with Crippen molar-refractivity contribution in [3.8, 4) is 0 Å². The van der Waals surface area contributed by atoms with Crippen LogP contribution >= 0.6 is 0 Å². The molecule has 0 saturated carbocycles. The number of hydrogen-bond acceptors (Lipinski definition) is 4. The van der Waals surface area contributed by atoms with Crippen LogP contribution in [0.4, 0.5) is 9.18 Å². The predicted octanol–water partition coefficient (Wildman–Crippen LogP) is 0.932. The first-order chi connectivity index (χ1) is 8.15. The first-order valence-electron chi connectivity index (χ1n) is 5.59. The van der Waals surface area contributed by atoms with Crippen molar-refractivity contribution in [1.82, 2.24) is 5.32 Å². The quantitative estimate of drug-likeness (QED) is 0.664. The van der Waals surface area contributed by atoms with Gasteiger partial charge in [-0.15, -0.1) is 0 Å². The number of carbonyl (C=O) groups excluding carboxylic acids is 1. The van der Waals surface area contributed by atoms with Crippen molar-refractivity contribution in [2.75, 3.05) is 13.2 Å². The summed E-state index contributed by atoms with van der Waals surface area (Å²) in [4.78, 5) is 21.7. The third-order valence-electron chi connectivity index (χ3n) is 1.97. The highest BCUT2D eigenvalue weighted by Gasteiger charge is 2.22. The van der Waals surface area contributed by atoms with Crippen molar-refractivity contribution in [2.24, 2.45) is 5.92 Å². The van der Waals surface area contributed by atoms with Gasteiger partial charge in [-0.1, -0.05) is 0 Å². The summed E-state index contributed by atoms with van der Waals surface area (Å²) in [6.07, 6.45) is -2.11. The van der Waals surface area contributed by atoms with Crippen LogP contribution < -0.4 is 5.32 Å². The van der Waals surface area contributed by atoms with Gasteiger partial charge in [-0.2, -0.15) is 0 Å². The number of aliphatic carboxylic acids is 1. The number of alkyl carbamates (subject to hydrolysis) is 1. The molecule has 6 nitrogen and oxygen atoms in total. The lowest BCUT2D eigenvalue weighted by Gasteiger charge is -2.21. The van der Waals surface area contributed by atoms with Gasteiger partial charge in [-0.05, 0) is 27.2 Å². The molecule has 0 aromatic rings. The van der Waals surface area contributed by atoms with Crippen LogP contribution in [-0.2, 0) is 9.53 Å². The summed E-state index contributed by atoms with van der Waals surface area (Å²) in [5.74, 6) is -2.57. The van der Waals surface area contributed by atoms with E-state index in [0.29, 0.717) is 0 Å². The van der Waals surface area contributed by atoms with E-state index >= 15 is 0 Å². The largest absolute Gasteiger partial charge is 0.481 e. The molecule has 0 aromatic carbocycles. The Kier molecular flexibility index (Phi) is 6.61. The van der Waals surface area contributed by atoms with Crippen LogP contribution in [-0.4, -0.2) is 47.2 Å². The van der Waals surface area contributed by atoms with Crippen molar-refractivity contribution in [3.05, 3.63) is 0 Å². The Morgan fingerprint density at radius 3 is 2.33 bits per heavy atom. The zero-order valence-electron chi connectivity index (χ0n) is 10.8. The lowest BCUT2D eigenvalue weighted by molar-refractivity contribution is -0.143. The average Bonchev–Trinajstić information content (AvgIpc) is 2.20. The van der Waals surface area contributed by atoms with Crippen molar-refractivity contribution in [3.63, 3.8) is 0 Å². The minimum absolute atomic E-state index is 0.182. The summed E-state index contributed by atoms with van der Waals surface area (Å²) >= 11 is 0. The third-order valence-corrected chi connectivity index (χ3v) is 1.97. The predicted molar refractivity (Wildman–Crippen MR) is 62.0 cm³/mol. The van der Waals surface area contributed by atoms with E-state index in [2.05, 4.69) is 5.32 Å². The third kappa shape index (κ3) is 7.83. The van der Waals surface area contributed by atoms with Crippen LogP contribution in [0.5, 0.6) is 0 Å². The van der Waals surface area contributed by atoms with Crippen LogP contribution in [0.25, 0.3) is 0 Å². The molecule has 0 aliphatic rings. The fourth-order valence-corrected chi connectivity index (χ4v) is 1.16. The molecule has 0 heterocycles. The number of aliphatic hydroxyl groups is 1. The Hall–Kier alpha value is -1.37. The van der Waals surface area contributed by atoms with Gasteiger partial charge in [-0.25, -0.2) is 4.79 Å². The Morgan fingerprint density at radius 2 is 1.94 bits per heavy atom. The Balaban J connectivity index is 4.00. The number of carboxylic acids is 1. The summed E-state index contributed by atoms with van der Waals surface area (Å²) < 4.78 is 17.2. The van der Waals surface area contributed by atoms with E-state index in [9.17, 15) is 19.1 Å². The van der Waals surface area contributed by atoms with Gasteiger partial charge < -0.3 is 20.3 Å². The van der Waals surface area contributed by atoms with Crippen LogP contribution in [0.3, 0.4) is 0 Å². The molecular weight excluding hydrogens is 245 g/mol. The van der Waals surface area contributed by atoms with Crippen molar-refractivity contribution in [1.29, 1.82) is 0 Å². The number of alkyl halides is 1. The topological polar surface area (TPSA) is 95.9 Å². The molecule has 2 unspecified atom stereocenters. The maximum atomic E-state index is 12.3. The minimum Gasteiger partial charge on any atom is -0.481 e. The standard InChI is InChI=1S/C11H20FNO5/c1-11(2,3)18-10(17)13-6-8(14)4-7(5-12)9(15)16/h7-8,14H,4-6H2,1-3H3,(H,13,17)(H,15,16). The summed E-state index contributed by atoms with van der Waals surface area (Å²) in [5, 5.41) is 20.3.